The molecule has 2 atom stereocenters. The van der Waals surface area contributed by atoms with Gasteiger partial charge >= 0.3 is 6.03 Å². The van der Waals surface area contributed by atoms with Gasteiger partial charge in [-0.15, -0.1) is 0 Å². The number of hydrogen-bond donors (Lipinski definition) is 3. The third-order valence-electron chi connectivity index (χ3n) is 8.11. The molecular weight excluding hydrogens is 390 g/mol. The molecule has 7 nitrogen and oxygen atoms in total. The van der Waals surface area contributed by atoms with Gasteiger partial charge in [0.1, 0.15) is 17.4 Å². The first-order valence-electron chi connectivity index (χ1n) is 11.7. The van der Waals surface area contributed by atoms with E-state index in [1.54, 1.807) is 0 Å². The lowest BCUT2D eigenvalue weighted by atomic mass is 9.58. The molecule has 4 fully saturated rings. The Morgan fingerprint density at radius 3 is 2.52 bits per heavy atom. The molecule has 3 aliphatic carbocycles. The second-order valence-electron chi connectivity index (χ2n) is 9.94. The molecule has 7 rings (SSSR count). The van der Waals surface area contributed by atoms with E-state index >= 15 is 0 Å². The molecule has 3 N–H and O–H groups in total. The van der Waals surface area contributed by atoms with E-state index in [4.69, 9.17) is 4.99 Å². The molecule has 164 valence electrons. The Morgan fingerprint density at radius 1 is 1.13 bits per heavy atom. The number of carbonyl (C=O) groups is 1. The van der Waals surface area contributed by atoms with Crippen LogP contribution in [0.3, 0.4) is 0 Å². The van der Waals surface area contributed by atoms with Gasteiger partial charge in [0.2, 0.25) is 0 Å². The van der Waals surface area contributed by atoms with Gasteiger partial charge in [-0.1, -0.05) is 37.3 Å². The average molecular weight is 422 g/mol. The predicted molar refractivity (Wildman–Crippen MR) is 118 cm³/mol. The number of amides is 2. The van der Waals surface area contributed by atoms with Crippen molar-refractivity contribution in [1.29, 1.82) is 0 Å². The summed E-state index contributed by atoms with van der Waals surface area (Å²) in [5.74, 6) is 1.91. The summed E-state index contributed by atoms with van der Waals surface area (Å²) in [5.41, 5.74) is 1.75. The summed E-state index contributed by atoms with van der Waals surface area (Å²) in [7, 11) is 0. The monoisotopic (exact) mass is 421 g/mol. The molecule has 1 aromatic rings. The van der Waals surface area contributed by atoms with E-state index in [0.29, 0.717) is 13.1 Å². The van der Waals surface area contributed by atoms with Crippen molar-refractivity contribution < 1.29 is 9.90 Å². The van der Waals surface area contributed by atoms with E-state index < -0.39 is 5.60 Å². The van der Waals surface area contributed by atoms with E-state index in [1.807, 2.05) is 28.0 Å². The van der Waals surface area contributed by atoms with Crippen molar-refractivity contribution in [2.24, 2.45) is 10.4 Å². The fraction of sp³-hybridized carbons (Fsp3) is 0.583. The van der Waals surface area contributed by atoms with Gasteiger partial charge in [0.05, 0.1) is 18.2 Å². The highest BCUT2D eigenvalue weighted by molar-refractivity contribution is 5.94. The van der Waals surface area contributed by atoms with E-state index in [-0.39, 0.29) is 23.7 Å². The number of hydrogen-bond acceptors (Lipinski definition) is 5. The molecule has 1 aromatic carbocycles. The van der Waals surface area contributed by atoms with E-state index in [0.717, 1.165) is 62.3 Å². The van der Waals surface area contributed by atoms with Gasteiger partial charge in [-0.05, 0) is 50.5 Å². The third kappa shape index (κ3) is 2.82. The van der Waals surface area contributed by atoms with Crippen LogP contribution in [-0.4, -0.2) is 51.6 Å². The van der Waals surface area contributed by atoms with Crippen molar-refractivity contribution in [3.63, 3.8) is 0 Å². The highest BCUT2D eigenvalue weighted by atomic mass is 16.3. The normalized spacial score (nSPS) is 36.2. The lowest BCUT2D eigenvalue weighted by molar-refractivity contribution is -0.0705. The van der Waals surface area contributed by atoms with Crippen molar-refractivity contribution in [1.82, 2.24) is 20.4 Å². The quantitative estimate of drug-likeness (QED) is 0.698. The maximum absolute atomic E-state index is 13.4. The van der Waals surface area contributed by atoms with Crippen molar-refractivity contribution in [2.75, 3.05) is 13.1 Å². The topological polar surface area (TPSA) is 80.2 Å². The van der Waals surface area contributed by atoms with Gasteiger partial charge in [0.25, 0.3) is 0 Å². The Morgan fingerprint density at radius 2 is 1.84 bits per heavy atom. The second kappa shape index (κ2) is 6.73. The van der Waals surface area contributed by atoms with Crippen LogP contribution < -0.4 is 10.6 Å². The zero-order valence-corrected chi connectivity index (χ0v) is 18.1. The maximum Gasteiger partial charge on any atom is 0.327 e. The maximum atomic E-state index is 13.4. The van der Waals surface area contributed by atoms with Crippen LogP contribution >= 0.6 is 0 Å². The lowest BCUT2D eigenvalue weighted by Gasteiger charge is -2.50. The van der Waals surface area contributed by atoms with Crippen LogP contribution in [0.2, 0.25) is 0 Å². The lowest BCUT2D eigenvalue weighted by Crippen LogP contribution is -2.54. The molecule has 2 amide bonds. The smallest absolute Gasteiger partial charge is 0.327 e. The first kappa shape index (κ1) is 19.2. The summed E-state index contributed by atoms with van der Waals surface area (Å²) in [6.45, 7) is 3.43. The van der Waals surface area contributed by atoms with E-state index in [9.17, 15) is 9.90 Å². The van der Waals surface area contributed by atoms with Crippen LogP contribution in [0.25, 0.3) is 0 Å². The molecule has 0 aromatic heterocycles. The Bertz CT molecular complexity index is 947. The van der Waals surface area contributed by atoms with Crippen LogP contribution in [0, 0.1) is 5.41 Å². The molecule has 1 saturated heterocycles. The van der Waals surface area contributed by atoms with Crippen molar-refractivity contribution in [3.8, 4) is 0 Å². The fourth-order valence-corrected chi connectivity index (χ4v) is 6.16. The Labute approximate surface area is 183 Å². The summed E-state index contributed by atoms with van der Waals surface area (Å²) in [6, 6.07) is 10.5. The first-order valence-corrected chi connectivity index (χ1v) is 11.7. The van der Waals surface area contributed by atoms with E-state index in [2.05, 4.69) is 29.7 Å². The standard InChI is InChI=1S/C24H31N5O2/c1-2-14-28-20-18(26-21(27-20)23-8-11-24(31,12-9-23)13-10-23)19-25-17(15-29(19)22(28)30)16-6-4-3-5-7-16/h3-7,17,20,25,31H,2,8-15H2,1H3,(H,26,27)/t17-,20?,23?,24?/m0/s1. The van der Waals surface area contributed by atoms with Gasteiger partial charge in [0, 0.05) is 12.0 Å². The number of benzene rings is 1. The molecule has 3 aliphatic heterocycles. The summed E-state index contributed by atoms with van der Waals surface area (Å²) < 4.78 is 0. The third-order valence-corrected chi connectivity index (χ3v) is 8.11. The molecule has 6 aliphatic rings. The number of carbonyl (C=O) groups excluding carboxylic acids is 1. The zero-order valence-electron chi connectivity index (χ0n) is 18.1. The van der Waals surface area contributed by atoms with Crippen LogP contribution in [0.4, 0.5) is 4.79 Å². The molecule has 2 bridgehead atoms. The average Bonchev–Trinajstić information content (AvgIpc) is 3.44. The summed E-state index contributed by atoms with van der Waals surface area (Å²) in [6.07, 6.45) is 6.08. The minimum atomic E-state index is -0.466. The molecule has 7 heteroatoms. The molecule has 31 heavy (non-hydrogen) atoms. The summed E-state index contributed by atoms with van der Waals surface area (Å²) in [4.78, 5) is 22.4. The number of amidine groups is 1. The zero-order chi connectivity index (χ0) is 21.2. The number of nitrogens with one attached hydrogen (secondary N) is 2. The second-order valence-corrected chi connectivity index (χ2v) is 9.94. The van der Waals surface area contributed by atoms with Crippen LogP contribution in [-0.2, 0) is 0 Å². The molecule has 1 unspecified atom stereocenters. The van der Waals surface area contributed by atoms with Gasteiger partial charge in [-0.25, -0.2) is 9.79 Å². The van der Waals surface area contributed by atoms with E-state index in [1.165, 1.54) is 5.56 Å². The van der Waals surface area contributed by atoms with Crippen LogP contribution in [0.15, 0.2) is 46.8 Å². The minimum absolute atomic E-state index is 0.0125. The number of nitrogens with zero attached hydrogens (tertiary/aromatic N) is 3. The van der Waals surface area contributed by atoms with Gasteiger partial charge in [0.15, 0.2) is 6.17 Å². The van der Waals surface area contributed by atoms with Gasteiger partial charge < -0.3 is 15.7 Å². The number of aliphatic imine (C=N–C) groups is 1. The van der Waals surface area contributed by atoms with Crippen LogP contribution in [0.5, 0.6) is 0 Å². The fourth-order valence-electron chi connectivity index (χ4n) is 6.16. The van der Waals surface area contributed by atoms with Crippen molar-refractivity contribution in [3.05, 3.63) is 47.4 Å². The van der Waals surface area contributed by atoms with Crippen LogP contribution in [0.1, 0.15) is 63.5 Å². The molecular formula is C24H31N5O2. The number of rotatable bonds is 4. The Balaban J connectivity index is 1.36. The highest BCUT2D eigenvalue weighted by Gasteiger charge is 2.54. The van der Waals surface area contributed by atoms with Gasteiger partial charge in [-0.2, -0.15) is 0 Å². The van der Waals surface area contributed by atoms with Crippen molar-refractivity contribution >= 4 is 11.9 Å². The largest absolute Gasteiger partial charge is 0.390 e. The summed E-state index contributed by atoms with van der Waals surface area (Å²) >= 11 is 0. The Kier molecular flexibility index (Phi) is 4.16. The molecule has 0 spiro atoms. The minimum Gasteiger partial charge on any atom is -0.390 e. The number of aliphatic hydroxyl groups is 1. The molecule has 0 radical (unpaired) electrons. The Hall–Kier alpha value is -2.54. The number of fused-ring (bicyclic) bond motifs is 5. The van der Waals surface area contributed by atoms with Gasteiger partial charge in [-0.3, -0.25) is 9.80 Å². The highest BCUT2D eigenvalue weighted by Crippen LogP contribution is 2.54. The molecule has 3 heterocycles. The molecule has 3 saturated carbocycles. The van der Waals surface area contributed by atoms with Crippen molar-refractivity contribution in [2.45, 2.75) is 69.7 Å². The number of urea groups is 1. The predicted octanol–water partition coefficient (Wildman–Crippen LogP) is 3.06. The SMILES string of the molecule is CCCN1C(=O)N2C[C@@H](c3ccccc3)NC2=C2NC(C34CCC(O)(CC3)CC4)=NC21. The summed E-state index contributed by atoms with van der Waals surface area (Å²) in [5, 5.41) is 18.0. The first-order chi connectivity index (χ1) is 15.0.